The Labute approximate surface area is 99.1 Å². The van der Waals surface area contributed by atoms with Crippen molar-refractivity contribution in [1.29, 1.82) is 0 Å². The third-order valence-electron chi connectivity index (χ3n) is 2.02. The molecule has 0 aliphatic carbocycles. The molecule has 0 heterocycles. The summed E-state index contributed by atoms with van der Waals surface area (Å²) in [5, 5.41) is 0. The fourth-order valence-corrected chi connectivity index (χ4v) is 1.31. The highest BCUT2D eigenvalue weighted by molar-refractivity contribution is 5.67. The lowest BCUT2D eigenvalue weighted by atomic mass is 10.2. The Morgan fingerprint density at radius 1 is 1.25 bits per heavy atom. The number of carbonyl (C=O) groups is 1. The van der Waals surface area contributed by atoms with Gasteiger partial charge in [0, 0.05) is 13.1 Å². The van der Waals surface area contributed by atoms with Gasteiger partial charge in [-0.05, 0) is 24.8 Å². The molecule has 0 saturated carbocycles. The quantitative estimate of drug-likeness (QED) is 0.728. The number of nitrogens with zero attached hydrogens (tertiary/aromatic N) is 1. The van der Waals surface area contributed by atoms with Gasteiger partial charge in [0.25, 0.3) is 0 Å². The molecule has 2 N–H and O–H groups in total. The number of carbonyl (C=O) groups excluding carboxylic acids is 1. The lowest BCUT2D eigenvalue weighted by Crippen LogP contribution is -2.36. The molecule has 16 heavy (non-hydrogen) atoms. The zero-order valence-corrected chi connectivity index (χ0v) is 11.0. The van der Waals surface area contributed by atoms with Crippen molar-refractivity contribution >= 4 is 6.09 Å². The molecule has 0 bridgehead atoms. The lowest BCUT2D eigenvalue weighted by molar-refractivity contribution is 0.0879. The molecule has 0 unspecified atom stereocenters. The van der Waals surface area contributed by atoms with Gasteiger partial charge in [-0.3, -0.25) is 0 Å². The van der Waals surface area contributed by atoms with Crippen molar-refractivity contribution in [3.05, 3.63) is 0 Å². The minimum absolute atomic E-state index is 0.212. The van der Waals surface area contributed by atoms with E-state index < -0.39 is 0 Å². The summed E-state index contributed by atoms with van der Waals surface area (Å²) in [6, 6.07) is 0. The molecule has 0 aromatic heterocycles. The second-order valence-electron chi connectivity index (χ2n) is 4.95. The fourth-order valence-electron chi connectivity index (χ4n) is 1.31. The second-order valence-corrected chi connectivity index (χ2v) is 4.95. The third-order valence-corrected chi connectivity index (χ3v) is 2.02. The summed E-state index contributed by atoms with van der Waals surface area (Å²) in [4.78, 5) is 13.5. The van der Waals surface area contributed by atoms with Crippen molar-refractivity contribution < 1.29 is 9.53 Å². The zero-order valence-electron chi connectivity index (χ0n) is 11.0. The van der Waals surface area contributed by atoms with E-state index >= 15 is 0 Å². The van der Waals surface area contributed by atoms with Gasteiger partial charge in [0.1, 0.15) is 0 Å². The van der Waals surface area contributed by atoms with Gasteiger partial charge >= 0.3 is 6.09 Å². The topological polar surface area (TPSA) is 55.6 Å². The van der Waals surface area contributed by atoms with E-state index in [1.807, 2.05) is 13.8 Å². The van der Waals surface area contributed by atoms with E-state index in [0.29, 0.717) is 31.5 Å². The molecule has 0 fully saturated rings. The predicted octanol–water partition coefficient (Wildman–Crippen LogP) is 2.09. The summed E-state index contributed by atoms with van der Waals surface area (Å²) < 4.78 is 5.21. The van der Waals surface area contributed by atoms with Crippen molar-refractivity contribution in [2.45, 2.75) is 34.1 Å². The van der Waals surface area contributed by atoms with Crippen LogP contribution >= 0.6 is 0 Å². The van der Waals surface area contributed by atoms with Crippen LogP contribution in [0.4, 0.5) is 4.79 Å². The average molecular weight is 230 g/mol. The second kappa shape index (κ2) is 8.39. The minimum Gasteiger partial charge on any atom is -0.449 e. The Morgan fingerprint density at radius 3 is 2.31 bits per heavy atom. The Hall–Kier alpha value is -0.770. The predicted molar refractivity (Wildman–Crippen MR) is 66.3 cm³/mol. The van der Waals surface area contributed by atoms with Crippen LogP contribution in [0, 0.1) is 11.8 Å². The maximum absolute atomic E-state index is 11.8. The first-order valence-corrected chi connectivity index (χ1v) is 6.09. The monoisotopic (exact) mass is 230 g/mol. The van der Waals surface area contributed by atoms with Crippen molar-refractivity contribution in [3.63, 3.8) is 0 Å². The summed E-state index contributed by atoms with van der Waals surface area (Å²) in [7, 11) is 0. The maximum atomic E-state index is 11.8. The van der Waals surface area contributed by atoms with E-state index in [0.717, 1.165) is 13.0 Å². The van der Waals surface area contributed by atoms with Gasteiger partial charge in [0.05, 0.1) is 6.61 Å². The molecule has 0 aliphatic rings. The Bertz CT molecular complexity index is 193. The van der Waals surface area contributed by atoms with Crippen LogP contribution < -0.4 is 5.73 Å². The molecule has 0 aliphatic heterocycles. The Kier molecular flexibility index (Phi) is 7.99. The van der Waals surface area contributed by atoms with E-state index in [9.17, 15) is 4.79 Å². The molecule has 0 aromatic carbocycles. The standard InChI is InChI=1S/C12H26N2O2/c1-10(2)8-14(7-5-6-13)12(15)16-9-11(3)4/h10-11H,5-9,13H2,1-4H3. The minimum atomic E-state index is -0.212. The lowest BCUT2D eigenvalue weighted by Gasteiger charge is -2.24. The van der Waals surface area contributed by atoms with E-state index in [1.165, 1.54) is 0 Å². The summed E-state index contributed by atoms with van der Waals surface area (Å²) in [5.41, 5.74) is 5.45. The van der Waals surface area contributed by atoms with E-state index in [-0.39, 0.29) is 6.09 Å². The highest BCUT2D eigenvalue weighted by Crippen LogP contribution is 2.04. The van der Waals surface area contributed by atoms with Gasteiger partial charge in [-0.25, -0.2) is 4.79 Å². The van der Waals surface area contributed by atoms with Crippen LogP contribution in [0.15, 0.2) is 0 Å². The first-order chi connectivity index (χ1) is 7.47. The van der Waals surface area contributed by atoms with Crippen molar-refractivity contribution in [3.8, 4) is 0 Å². The van der Waals surface area contributed by atoms with Gasteiger partial charge in [0.15, 0.2) is 0 Å². The summed E-state index contributed by atoms with van der Waals surface area (Å²) in [5.74, 6) is 0.823. The van der Waals surface area contributed by atoms with Gasteiger partial charge in [-0.15, -0.1) is 0 Å². The normalized spacial score (nSPS) is 10.9. The number of nitrogens with two attached hydrogens (primary N) is 1. The average Bonchev–Trinajstić information content (AvgIpc) is 2.20. The van der Waals surface area contributed by atoms with Crippen LogP contribution in [0.5, 0.6) is 0 Å². The molecular formula is C12H26N2O2. The van der Waals surface area contributed by atoms with Crippen LogP contribution in [0.3, 0.4) is 0 Å². The Morgan fingerprint density at radius 2 is 1.88 bits per heavy atom. The van der Waals surface area contributed by atoms with E-state index in [2.05, 4.69) is 13.8 Å². The highest BCUT2D eigenvalue weighted by Gasteiger charge is 2.15. The van der Waals surface area contributed by atoms with Gasteiger partial charge in [-0.1, -0.05) is 27.7 Å². The van der Waals surface area contributed by atoms with Crippen molar-refractivity contribution in [2.24, 2.45) is 17.6 Å². The van der Waals surface area contributed by atoms with Crippen LogP contribution in [0.25, 0.3) is 0 Å². The van der Waals surface area contributed by atoms with Gasteiger partial charge in [-0.2, -0.15) is 0 Å². The van der Waals surface area contributed by atoms with Crippen LogP contribution in [0.2, 0.25) is 0 Å². The first-order valence-electron chi connectivity index (χ1n) is 6.09. The number of ether oxygens (including phenoxy) is 1. The number of hydrogen-bond acceptors (Lipinski definition) is 3. The molecule has 4 nitrogen and oxygen atoms in total. The van der Waals surface area contributed by atoms with Crippen LogP contribution in [-0.2, 0) is 4.74 Å². The smallest absolute Gasteiger partial charge is 0.409 e. The fraction of sp³-hybridized carbons (Fsp3) is 0.917. The molecule has 0 rings (SSSR count). The van der Waals surface area contributed by atoms with Crippen molar-refractivity contribution in [2.75, 3.05) is 26.2 Å². The summed E-state index contributed by atoms with van der Waals surface area (Å²) in [6.07, 6.45) is 0.611. The summed E-state index contributed by atoms with van der Waals surface area (Å²) >= 11 is 0. The SMILES string of the molecule is CC(C)COC(=O)N(CCCN)CC(C)C. The van der Waals surface area contributed by atoms with E-state index in [1.54, 1.807) is 4.90 Å². The van der Waals surface area contributed by atoms with Gasteiger partial charge < -0.3 is 15.4 Å². The number of rotatable bonds is 7. The van der Waals surface area contributed by atoms with Crippen LogP contribution in [-0.4, -0.2) is 37.2 Å². The molecule has 0 saturated heterocycles. The molecular weight excluding hydrogens is 204 g/mol. The number of hydrogen-bond donors (Lipinski definition) is 1. The van der Waals surface area contributed by atoms with E-state index in [4.69, 9.17) is 10.5 Å². The highest BCUT2D eigenvalue weighted by atomic mass is 16.6. The zero-order chi connectivity index (χ0) is 12.6. The molecule has 0 atom stereocenters. The molecule has 0 radical (unpaired) electrons. The van der Waals surface area contributed by atoms with Crippen molar-refractivity contribution in [1.82, 2.24) is 4.90 Å². The largest absolute Gasteiger partial charge is 0.449 e. The Balaban J connectivity index is 4.09. The summed E-state index contributed by atoms with van der Waals surface area (Å²) in [6.45, 7) is 10.7. The molecule has 4 heteroatoms. The number of amides is 1. The molecule has 1 amide bonds. The third kappa shape index (κ3) is 7.51. The molecule has 0 spiro atoms. The van der Waals surface area contributed by atoms with Crippen LogP contribution in [0.1, 0.15) is 34.1 Å². The molecule has 0 aromatic rings. The maximum Gasteiger partial charge on any atom is 0.409 e. The first kappa shape index (κ1) is 15.2. The molecule has 96 valence electrons. The van der Waals surface area contributed by atoms with Gasteiger partial charge in [0.2, 0.25) is 0 Å².